The highest BCUT2D eigenvalue weighted by Gasteiger charge is 2.23. The molecule has 0 radical (unpaired) electrons. The van der Waals surface area contributed by atoms with Crippen molar-refractivity contribution in [3.63, 3.8) is 0 Å². The van der Waals surface area contributed by atoms with Gasteiger partial charge in [-0.2, -0.15) is 0 Å². The second-order valence-corrected chi connectivity index (χ2v) is 4.73. The van der Waals surface area contributed by atoms with Crippen LogP contribution >= 0.6 is 12.4 Å². The Bertz CT molecular complexity index is 411. The van der Waals surface area contributed by atoms with E-state index >= 15 is 0 Å². The molecular weight excluding hydrogens is 254 g/mol. The molecule has 0 aliphatic heterocycles. The average molecular weight is 274 g/mol. The standard InChI is InChI=1S/C12H19N3O2.ClH/c1-7-11(17-8(2)14-7)12(16)15-10-5-3-9(13)4-6-10;/h9-10H,3-6,13H2,1-2H3,(H,15,16);1H. The van der Waals surface area contributed by atoms with Crippen LogP contribution < -0.4 is 11.1 Å². The third kappa shape index (κ3) is 3.46. The highest BCUT2D eigenvalue weighted by atomic mass is 35.5. The summed E-state index contributed by atoms with van der Waals surface area (Å²) in [6.45, 7) is 3.52. The molecule has 0 unspecified atom stereocenters. The number of aromatic nitrogens is 1. The van der Waals surface area contributed by atoms with Gasteiger partial charge in [-0.15, -0.1) is 12.4 Å². The van der Waals surface area contributed by atoms with Crippen LogP contribution in [0.25, 0.3) is 0 Å². The molecule has 1 aliphatic rings. The average Bonchev–Trinajstić information content (AvgIpc) is 2.61. The van der Waals surface area contributed by atoms with Crippen molar-refractivity contribution in [1.29, 1.82) is 0 Å². The summed E-state index contributed by atoms with van der Waals surface area (Å²) in [5.41, 5.74) is 6.47. The van der Waals surface area contributed by atoms with Crippen molar-refractivity contribution in [3.05, 3.63) is 17.3 Å². The van der Waals surface area contributed by atoms with Crippen molar-refractivity contribution >= 4 is 18.3 Å². The summed E-state index contributed by atoms with van der Waals surface area (Å²) in [7, 11) is 0. The maximum Gasteiger partial charge on any atom is 0.289 e. The summed E-state index contributed by atoms with van der Waals surface area (Å²) < 4.78 is 5.29. The third-order valence-corrected chi connectivity index (χ3v) is 3.22. The molecule has 102 valence electrons. The number of carbonyl (C=O) groups excluding carboxylic acids is 1. The van der Waals surface area contributed by atoms with Crippen LogP contribution in [0.15, 0.2) is 4.42 Å². The van der Waals surface area contributed by atoms with E-state index in [9.17, 15) is 4.79 Å². The first-order valence-electron chi connectivity index (χ1n) is 6.06. The molecule has 1 aliphatic carbocycles. The topological polar surface area (TPSA) is 81.2 Å². The van der Waals surface area contributed by atoms with Gasteiger partial charge >= 0.3 is 0 Å². The molecule has 0 bridgehead atoms. The second kappa shape index (κ2) is 6.20. The molecule has 3 N–H and O–H groups in total. The molecule has 5 nitrogen and oxygen atoms in total. The fourth-order valence-electron chi connectivity index (χ4n) is 2.26. The summed E-state index contributed by atoms with van der Waals surface area (Å²) in [6.07, 6.45) is 3.83. The number of hydrogen-bond acceptors (Lipinski definition) is 4. The monoisotopic (exact) mass is 273 g/mol. The summed E-state index contributed by atoms with van der Waals surface area (Å²) in [5.74, 6) is 0.694. The number of nitrogens with two attached hydrogens (primary N) is 1. The Morgan fingerprint density at radius 1 is 1.33 bits per heavy atom. The van der Waals surface area contributed by atoms with E-state index in [1.54, 1.807) is 13.8 Å². The summed E-state index contributed by atoms with van der Waals surface area (Å²) in [5, 5.41) is 2.98. The Balaban J connectivity index is 0.00000162. The van der Waals surface area contributed by atoms with Gasteiger partial charge < -0.3 is 15.5 Å². The Kier molecular flexibility index (Phi) is 5.16. The fourth-order valence-corrected chi connectivity index (χ4v) is 2.26. The van der Waals surface area contributed by atoms with Gasteiger partial charge in [-0.1, -0.05) is 0 Å². The predicted molar refractivity (Wildman–Crippen MR) is 70.9 cm³/mol. The Hall–Kier alpha value is -1.07. The SMILES string of the molecule is Cc1nc(C)c(C(=O)NC2CCC(N)CC2)o1.Cl. The molecule has 6 heteroatoms. The lowest BCUT2D eigenvalue weighted by atomic mass is 9.92. The lowest BCUT2D eigenvalue weighted by Gasteiger charge is -2.26. The van der Waals surface area contributed by atoms with Crippen LogP contribution in [0.1, 0.15) is 47.8 Å². The molecule has 0 aromatic carbocycles. The summed E-state index contributed by atoms with van der Waals surface area (Å²) in [4.78, 5) is 16.0. The maximum absolute atomic E-state index is 12.0. The van der Waals surface area contributed by atoms with Gasteiger partial charge in [-0.25, -0.2) is 4.98 Å². The van der Waals surface area contributed by atoms with Crippen LogP contribution in [0, 0.1) is 13.8 Å². The molecule has 2 rings (SSSR count). The number of hydrogen-bond donors (Lipinski definition) is 2. The van der Waals surface area contributed by atoms with Crippen molar-refractivity contribution in [2.45, 2.75) is 51.6 Å². The largest absolute Gasteiger partial charge is 0.436 e. The molecular formula is C12H20ClN3O2. The van der Waals surface area contributed by atoms with Crippen LogP contribution in [-0.4, -0.2) is 23.0 Å². The van der Waals surface area contributed by atoms with E-state index in [2.05, 4.69) is 10.3 Å². The van der Waals surface area contributed by atoms with Gasteiger partial charge in [0, 0.05) is 19.0 Å². The fraction of sp³-hybridized carbons (Fsp3) is 0.667. The van der Waals surface area contributed by atoms with Crippen LogP contribution in [0.5, 0.6) is 0 Å². The molecule has 1 heterocycles. The Morgan fingerprint density at radius 3 is 2.44 bits per heavy atom. The molecule has 1 amide bonds. The first-order chi connectivity index (χ1) is 8.06. The number of aryl methyl sites for hydroxylation is 2. The molecule has 1 aromatic rings. The minimum absolute atomic E-state index is 0. The van der Waals surface area contributed by atoms with Gasteiger partial charge in [0.2, 0.25) is 5.76 Å². The zero-order valence-electron chi connectivity index (χ0n) is 10.7. The predicted octanol–water partition coefficient (Wildman–Crippen LogP) is 1.71. The maximum atomic E-state index is 12.0. The quantitative estimate of drug-likeness (QED) is 0.860. The molecule has 0 atom stereocenters. The number of amides is 1. The first kappa shape index (κ1) is 15.0. The van der Waals surface area contributed by atoms with E-state index in [1.165, 1.54) is 0 Å². The van der Waals surface area contributed by atoms with Gasteiger partial charge in [-0.3, -0.25) is 4.79 Å². The van der Waals surface area contributed by atoms with E-state index in [0.717, 1.165) is 25.7 Å². The van der Waals surface area contributed by atoms with E-state index in [-0.39, 0.29) is 30.4 Å². The molecule has 1 aromatic heterocycles. The minimum Gasteiger partial charge on any atom is -0.436 e. The molecule has 18 heavy (non-hydrogen) atoms. The van der Waals surface area contributed by atoms with Crippen molar-refractivity contribution in [1.82, 2.24) is 10.3 Å². The zero-order chi connectivity index (χ0) is 12.4. The number of nitrogens with one attached hydrogen (secondary N) is 1. The molecule has 0 saturated heterocycles. The molecule has 0 spiro atoms. The Morgan fingerprint density at radius 2 is 1.94 bits per heavy atom. The molecule has 1 saturated carbocycles. The van der Waals surface area contributed by atoms with Crippen molar-refractivity contribution in [2.75, 3.05) is 0 Å². The van der Waals surface area contributed by atoms with Gasteiger partial charge in [0.1, 0.15) is 0 Å². The normalized spacial score (nSPS) is 23.3. The minimum atomic E-state index is -0.163. The van der Waals surface area contributed by atoms with E-state index < -0.39 is 0 Å². The van der Waals surface area contributed by atoms with Gasteiger partial charge in [0.15, 0.2) is 5.89 Å². The molecule has 1 fully saturated rings. The highest BCUT2D eigenvalue weighted by molar-refractivity contribution is 5.92. The smallest absolute Gasteiger partial charge is 0.289 e. The second-order valence-electron chi connectivity index (χ2n) is 4.73. The number of nitrogens with zero attached hydrogens (tertiary/aromatic N) is 1. The Labute approximate surface area is 113 Å². The number of carbonyl (C=O) groups is 1. The number of halogens is 1. The van der Waals surface area contributed by atoms with Crippen molar-refractivity contribution in [2.24, 2.45) is 5.73 Å². The van der Waals surface area contributed by atoms with E-state index in [1.807, 2.05) is 0 Å². The number of rotatable bonds is 2. The van der Waals surface area contributed by atoms with Crippen LogP contribution in [-0.2, 0) is 0 Å². The highest BCUT2D eigenvalue weighted by Crippen LogP contribution is 2.18. The van der Waals surface area contributed by atoms with Crippen LogP contribution in [0.2, 0.25) is 0 Å². The third-order valence-electron chi connectivity index (χ3n) is 3.22. The summed E-state index contributed by atoms with van der Waals surface area (Å²) >= 11 is 0. The lowest BCUT2D eigenvalue weighted by Crippen LogP contribution is -2.40. The van der Waals surface area contributed by atoms with Crippen molar-refractivity contribution < 1.29 is 9.21 Å². The van der Waals surface area contributed by atoms with Gasteiger partial charge in [0.05, 0.1) is 5.69 Å². The van der Waals surface area contributed by atoms with Crippen LogP contribution in [0.4, 0.5) is 0 Å². The van der Waals surface area contributed by atoms with Crippen LogP contribution in [0.3, 0.4) is 0 Å². The zero-order valence-corrected chi connectivity index (χ0v) is 11.5. The first-order valence-corrected chi connectivity index (χ1v) is 6.06. The van der Waals surface area contributed by atoms with E-state index in [0.29, 0.717) is 17.3 Å². The van der Waals surface area contributed by atoms with Gasteiger partial charge in [-0.05, 0) is 32.6 Å². The van der Waals surface area contributed by atoms with E-state index in [4.69, 9.17) is 10.2 Å². The lowest BCUT2D eigenvalue weighted by molar-refractivity contribution is 0.0895. The summed E-state index contributed by atoms with van der Waals surface area (Å²) in [6, 6.07) is 0.504. The number of oxazole rings is 1. The van der Waals surface area contributed by atoms with Gasteiger partial charge in [0.25, 0.3) is 5.91 Å². The van der Waals surface area contributed by atoms with Crippen molar-refractivity contribution in [3.8, 4) is 0 Å².